The summed E-state index contributed by atoms with van der Waals surface area (Å²) >= 11 is 0. The molecule has 0 aromatic heterocycles. The summed E-state index contributed by atoms with van der Waals surface area (Å²) in [6, 6.07) is 0. The van der Waals surface area contributed by atoms with Crippen LogP contribution in [-0.2, 0) is 9.53 Å². The monoisotopic (exact) mass is 228 g/mol. The van der Waals surface area contributed by atoms with Gasteiger partial charge in [0.25, 0.3) is 0 Å². The van der Waals surface area contributed by atoms with Gasteiger partial charge in [-0.1, -0.05) is 13.8 Å². The molecule has 0 aromatic carbocycles. The molecule has 0 aromatic rings. The Kier molecular flexibility index (Phi) is 4.00. The molecule has 3 nitrogen and oxygen atoms in total. The van der Waals surface area contributed by atoms with Crippen LogP contribution in [0.1, 0.15) is 47.5 Å². The maximum absolute atomic E-state index is 11.6. The quantitative estimate of drug-likeness (QED) is 0.735. The van der Waals surface area contributed by atoms with Gasteiger partial charge in [0.05, 0.1) is 11.5 Å². The smallest absolute Gasteiger partial charge is 0.308 e. The lowest BCUT2D eigenvalue weighted by Crippen LogP contribution is -2.27. The third-order valence-corrected chi connectivity index (χ3v) is 3.67. The molecule has 0 radical (unpaired) electrons. The molecule has 1 saturated carbocycles. The molecule has 16 heavy (non-hydrogen) atoms. The van der Waals surface area contributed by atoms with Crippen LogP contribution in [0.3, 0.4) is 0 Å². The molecule has 4 atom stereocenters. The fraction of sp³-hybridized carbons (Fsp3) is 0.923. The van der Waals surface area contributed by atoms with Crippen molar-refractivity contribution in [2.24, 2.45) is 17.8 Å². The van der Waals surface area contributed by atoms with E-state index in [1.807, 2.05) is 34.6 Å². The van der Waals surface area contributed by atoms with Crippen molar-refractivity contribution in [1.29, 1.82) is 0 Å². The van der Waals surface area contributed by atoms with Crippen LogP contribution in [0.5, 0.6) is 0 Å². The maximum Gasteiger partial charge on any atom is 0.308 e. The number of rotatable bonds is 5. The van der Waals surface area contributed by atoms with Gasteiger partial charge in [-0.05, 0) is 39.5 Å². The summed E-state index contributed by atoms with van der Waals surface area (Å²) in [6.45, 7) is 9.43. The summed E-state index contributed by atoms with van der Waals surface area (Å²) in [5, 5.41) is 9.83. The van der Waals surface area contributed by atoms with Gasteiger partial charge in [-0.25, -0.2) is 0 Å². The van der Waals surface area contributed by atoms with Crippen LogP contribution in [0.25, 0.3) is 0 Å². The van der Waals surface area contributed by atoms with Crippen LogP contribution in [0.4, 0.5) is 0 Å². The van der Waals surface area contributed by atoms with Crippen molar-refractivity contribution in [2.75, 3.05) is 0 Å². The fourth-order valence-corrected chi connectivity index (χ4v) is 2.10. The number of carbonyl (C=O) groups excluding carboxylic acids is 1. The normalized spacial score (nSPS) is 28.4. The number of hydrogen-bond donors (Lipinski definition) is 1. The SMILES string of the molecule is CCC(C)C(=O)OC(C)C1CC1C(C)(C)O. The molecule has 3 heteroatoms. The van der Waals surface area contributed by atoms with E-state index in [0.717, 1.165) is 12.8 Å². The van der Waals surface area contributed by atoms with Gasteiger partial charge in [-0.3, -0.25) is 4.79 Å². The predicted octanol–water partition coefficient (Wildman–Crippen LogP) is 2.37. The Morgan fingerprint density at radius 3 is 2.44 bits per heavy atom. The lowest BCUT2D eigenvalue weighted by atomic mass is 10.0. The van der Waals surface area contributed by atoms with E-state index < -0.39 is 5.60 Å². The molecule has 0 aliphatic heterocycles. The summed E-state index contributed by atoms with van der Waals surface area (Å²) in [7, 11) is 0. The second-order valence-electron chi connectivity index (χ2n) is 5.61. The van der Waals surface area contributed by atoms with Crippen molar-refractivity contribution in [3.8, 4) is 0 Å². The standard InChI is InChI=1S/C13H24O3/c1-6-8(2)12(14)16-9(3)10-7-11(10)13(4,5)15/h8-11,15H,6-7H2,1-5H3. The molecule has 0 heterocycles. The first-order valence-corrected chi connectivity index (χ1v) is 6.20. The molecule has 94 valence electrons. The van der Waals surface area contributed by atoms with E-state index in [1.165, 1.54) is 0 Å². The first-order valence-electron chi connectivity index (χ1n) is 6.20. The Balaban J connectivity index is 2.39. The Morgan fingerprint density at radius 2 is 2.06 bits per heavy atom. The number of esters is 1. The molecule has 0 bridgehead atoms. The summed E-state index contributed by atoms with van der Waals surface area (Å²) in [5.74, 6) is 0.457. The van der Waals surface area contributed by atoms with E-state index in [0.29, 0.717) is 5.92 Å². The minimum atomic E-state index is -0.651. The van der Waals surface area contributed by atoms with Crippen molar-refractivity contribution in [2.45, 2.75) is 59.2 Å². The van der Waals surface area contributed by atoms with Crippen molar-refractivity contribution in [1.82, 2.24) is 0 Å². The molecule has 1 N–H and O–H groups in total. The highest BCUT2D eigenvalue weighted by Crippen LogP contribution is 2.49. The lowest BCUT2D eigenvalue weighted by molar-refractivity contribution is -0.154. The zero-order valence-electron chi connectivity index (χ0n) is 11.0. The third-order valence-electron chi connectivity index (χ3n) is 3.67. The van der Waals surface area contributed by atoms with Crippen molar-refractivity contribution in [3.05, 3.63) is 0 Å². The minimum Gasteiger partial charge on any atom is -0.462 e. The molecule has 0 amide bonds. The molecule has 1 rings (SSSR count). The van der Waals surface area contributed by atoms with Crippen LogP contribution in [0.2, 0.25) is 0 Å². The lowest BCUT2D eigenvalue weighted by Gasteiger charge is -2.20. The Bertz CT molecular complexity index is 254. The largest absolute Gasteiger partial charge is 0.462 e. The Morgan fingerprint density at radius 1 is 1.50 bits per heavy atom. The second-order valence-corrected chi connectivity index (χ2v) is 5.61. The van der Waals surface area contributed by atoms with Crippen LogP contribution in [0.15, 0.2) is 0 Å². The van der Waals surface area contributed by atoms with E-state index >= 15 is 0 Å². The molecular formula is C13H24O3. The molecule has 1 aliphatic rings. The van der Waals surface area contributed by atoms with Gasteiger partial charge in [-0.2, -0.15) is 0 Å². The summed E-state index contributed by atoms with van der Waals surface area (Å²) in [4.78, 5) is 11.6. The van der Waals surface area contributed by atoms with E-state index in [9.17, 15) is 9.90 Å². The number of ether oxygens (including phenoxy) is 1. The van der Waals surface area contributed by atoms with Crippen molar-refractivity contribution >= 4 is 5.97 Å². The summed E-state index contributed by atoms with van der Waals surface area (Å²) < 4.78 is 5.40. The number of hydrogen-bond acceptors (Lipinski definition) is 3. The van der Waals surface area contributed by atoms with Gasteiger partial charge >= 0.3 is 5.97 Å². The molecule has 1 aliphatic carbocycles. The van der Waals surface area contributed by atoms with E-state index in [4.69, 9.17) is 4.74 Å². The van der Waals surface area contributed by atoms with Gasteiger partial charge < -0.3 is 9.84 Å². The first-order chi connectivity index (χ1) is 7.27. The maximum atomic E-state index is 11.6. The van der Waals surface area contributed by atoms with Gasteiger partial charge in [0.1, 0.15) is 6.10 Å². The highest BCUT2D eigenvalue weighted by Gasteiger charge is 2.50. The highest BCUT2D eigenvalue weighted by molar-refractivity contribution is 5.72. The average molecular weight is 228 g/mol. The van der Waals surface area contributed by atoms with Gasteiger partial charge in [-0.15, -0.1) is 0 Å². The topological polar surface area (TPSA) is 46.5 Å². The van der Waals surface area contributed by atoms with Gasteiger partial charge in [0, 0.05) is 5.92 Å². The molecule has 1 fully saturated rings. The molecule has 4 unspecified atom stereocenters. The predicted molar refractivity (Wildman–Crippen MR) is 62.9 cm³/mol. The van der Waals surface area contributed by atoms with Crippen LogP contribution < -0.4 is 0 Å². The van der Waals surface area contributed by atoms with Crippen LogP contribution in [-0.4, -0.2) is 22.8 Å². The van der Waals surface area contributed by atoms with Crippen molar-refractivity contribution < 1.29 is 14.6 Å². The minimum absolute atomic E-state index is 0.0261. The zero-order valence-corrected chi connectivity index (χ0v) is 11.0. The Labute approximate surface area is 98.2 Å². The van der Waals surface area contributed by atoms with Gasteiger partial charge in [0.2, 0.25) is 0 Å². The average Bonchev–Trinajstić information content (AvgIpc) is 2.94. The van der Waals surface area contributed by atoms with Gasteiger partial charge in [0.15, 0.2) is 0 Å². The molecule has 0 saturated heterocycles. The van der Waals surface area contributed by atoms with Crippen molar-refractivity contribution in [3.63, 3.8) is 0 Å². The number of carbonyl (C=O) groups is 1. The molecule has 0 spiro atoms. The second kappa shape index (κ2) is 4.74. The highest BCUT2D eigenvalue weighted by atomic mass is 16.5. The number of aliphatic hydroxyl groups is 1. The van der Waals surface area contributed by atoms with Crippen LogP contribution >= 0.6 is 0 Å². The Hall–Kier alpha value is -0.570. The van der Waals surface area contributed by atoms with Crippen LogP contribution in [0, 0.1) is 17.8 Å². The van der Waals surface area contributed by atoms with E-state index in [2.05, 4.69) is 0 Å². The van der Waals surface area contributed by atoms with E-state index in [-0.39, 0.29) is 23.9 Å². The first kappa shape index (κ1) is 13.5. The molecular weight excluding hydrogens is 204 g/mol. The fourth-order valence-electron chi connectivity index (χ4n) is 2.10. The summed E-state index contributed by atoms with van der Waals surface area (Å²) in [6.07, 6.45) is 1.70. The summed E-state index contributed by atoms with van der Waals surface area (Å²) in [5.41, 5.74) is -0.651. The zero-order chi connectivity index (χ0) is 12.5. The third kappa shape index (κ3) is 3.21. The van der Waals surface area contributed by atoms with E-state index in [1.54, 1.807) is 0 Å².